The van der Waals surface area contributed by atoms with Crippen LogP contribution in [0.15, 0.2) is 47.6 Å². The van der Waals surface area contributed by atoms with Crippen LogP contribution in [0.5, 0.6) is 11.5 Å². The number of thioether (sulfide) groups is 1. The second-order valence-electron chi connectivity index (χ2n) is 6.30. The van der Waals surface area contributed by atoms with Crippen LogP contribution < -0.4 is 14.8 Å². The Bertz CT molecular complexity index is 1050. The van der Waals surface area contributed by atoms with Crippen LogP contribution in [-0.4, -0.2) is 33.5 Å². The molecule has 1 aromatic heterocycles. The van der Waals surface area contributed by atoms with Crippen molar-refractivity contribution in [3.05, 3.63) is 59.1 Å². The molecule has 0 saturated carbocycles. The number of rotatable bonds is 8. The maximum atomic E-state index is 13.8. The predicted molar refractivity (Wildman–Crippen MR) is 114 cm³/mol. The number of ether oxygens (including phenoxy) is 2. The van der Waals surface area contributed by atoms with Crippen LogP contribution in [-0.2, 0) is 11.8 Å². The third-order valence-electron chi connectivity index (χ3n) is 4.12. The summed E-state index contributed by atoms with van der Waals surface area (Å²) in [6.45, 7) is 1.86. The van der Waals surface area contributed by atoms with Gasteiger partial charge in [-0.05, 0) is 37.3 Å². The second kappa shape index (κ2) is 9.82. The van der Waals surface area contributed by atoms with E-state index in [0.29, 0.717) is 22.5 Å². The number of nitrogens with zero attached hydrogens (tertiary/aromatic N) is 3. The highest BCUT2D eigenvalue weighted by molar-refractivity contribution is 7.99. The van der Waals surface area contributed by atoms with Crippen molar-refractivity contribution in [3.8, 4) is 11.5 Å². The van der Waals surface area contributed by atoms with Gasteiger partial charge < -0.3 is 19.4 Å². The van der Waals surface area contributed by atoms with E-state index in [1.54, 1.807) is 24.8 Å². The van der Waals surface area contributed by atoms with Gasteiger partial charge in [-0.25, -0.2) is 4.39 Å². The van der Waals surface area contributed by atoms with Crippen LogP contribution in [0.3, 0.4) is 0 Å². The molecule has 1 atom stereocenters. The highest BCUT2D eigenvalue weighted by atomic mass is 35.5. The van der Waals surface area contributed by atoms with E-state index in [-0.39, 0.29) is 28.5 Å². The average Bonchev–Trinajstić information content (AvgIpc) is 3.09. The summed E-state index contributed by atoms with van der Waals surface area (Å²) < 4.78 is 26.7. The van der Waals surface area contributed by atoms with E-state index in [0.717, 1.165) is 6.07 Å². The molecule has 1 amide bonds. The van der Waals surface area contributed by atoms with Crippen molar-refractivity contribution < 1.29 is 18.7 Å². The van der Waals surface area contributed by atoms with Gasteiger partial charge in [-0.15, -0.1) is 10.2 Å². The minimum Gasteiger partial charge on any atom is -0.497 e. The van der Waals surface area contributed by atoms with Crippen molar-refractivity contribution in [1.29, 1.82) is 0 Å². The van der Waals surface area contributed by atoms with Gasteiger partial charge in [0.1, 0.15) is 17.3 Å². The number of amides is 1. The van der Waals surface area contributed by atoms with E-state index in [1.165, 1.54) is 23.9 Å². The molecule has 3 rings (SSSR count). The first kappa shape index (κ1) is 21.9. The van der Waals surface area contributed by atoms with Crippen LogP contribution >= 0.6 is 23.4 Å². The van der Waals surface area contributed by atoms with E-state index >= 15 is 0 Å². The highest BCUT2D eigenvalue weighted by Crippen LogP contribution is 2.26. The standard InChI is InChI=1S/C20H20ClFN4O3S/c1-12(29-15-6-4-5-14(10-15)28-3)19-24-25-20(26(19)2)30-11-18(27)23-17-8-7-13(21)9-16(17)22/h4-10,12H,11H2,1-3H3,(H,23,27). The van der Waals surface area contributed by atoms with E-state index in [4.69, 9.17) is 21.1 Å². The summed E-state index contributed by atoms with van der Waals surface area (Å²) in [5, 5.41) is 11.6. The molecule has 30 heavy (non-hydrogen) atoms. The number of nitrogens with one attached hydrogen (secondary N) is 1. The topological polar surface area (TPSA) is 78.3 Å². The Labute approximate surface area is 182 Å². The quantitative estimate of drug-likeness (QED) is 0.509. The minimum absolute atomic E-state index is 0.0408. The van der Waals surface area contributed by atoms with Crippen molar-refractivity contribution in [3.63, 3.8) is 0 Å². The molecule has 1 unspecified atom stereocenters. The van der Waals surface area contributed by atoms with Gasteiger partial charge in [0.05, 0.1) is 18.6 Å². The van der Waals surface area contributed by atoms with Gasteiger partial charge in [0, 0.05) is 18.1 Å². The minimum atomic E-state index is -0.592. The Morgan fingerprint density at radius 2 is 2.03 bits per heavy atom. The Morgan fingerprint density at radius 1 is 1.27 bits per heavy atom. The predicted octanol–water partition coefficient (Wildman–Crippen LogP) is 4.49. The zero-order valence-electron chi connectivity index (χ0n) is 16.6. The van der Waals surface area contributed by atoms with Gasteiger partial charge in [0.15, 0.2) is 17.1 Å². The molecule has 0 spiro atoms. The summed E-state index contributed by atoms with van der Waals surface area (Å²) in [4.78, 5) is 12.2. The summed E-state index contributed by atoms with van der Waals surface area (Å²) in [7, 11) is 3.38. The number of anilines is 1. The van der Waals surface area contributed by atoms with E-state index in [1.807, 2.05) is 25.1 Å². The number of carbonyl (C=O) groups excluding carboxylic acids is 1. The van der Waals surface area contributed by atoms with E-state index in [9.17, 15) is 9.18 Å². The first-order valence-corrected chi connectivity index (χ1v) is 10.3. The SMILES string of the molecule is COc1cccc(OC(C)c2nnc(SCC(=O)Nc3ccc(Cl)cc3F)n2C)c1. The number of hydrogen-bond donors (Lipinski definition) is 1. The van der Waals surface area contributed by atoms with Crippen LogP contribution in [0.4, 0.5) is 10.1 Å². The van der Waals surface area contributed by atoms with Crippen LogP contribution in [0, 0.1) is 5.82 Å². The van der Waals surface area contributed by atoms with Gasteiger partial charge in [0.25, 0.3) is 0 Å². The fourth-order valence-corrected chi connectivity index (χ4v) is 3.52. The molecule has 0 aliphatic heterocycles. The van der Waals surface area contributed by atoms with E-state index in [2.05, 4.69) is 15.5 Å². The Morgan fingerprint density at radius 3 is 2.77 bits per heavy atom. The molecule has 0 aliphatic carbocycles. The van der Waals surface area contributed by atoms with Crippen molar-refractivity contribution in [2.75, 3.05) is 18.2 Å². The molecule has 1 heterocycles. The maximum absolute atomic E-state index is 13.8. The number of aromatic nitrogens is 3. The lowest BCUT2D eigenvalue weighted by Gasteiger charge is -2.14. The molecular formula is C20H20ClFN4O3S. The lowest BCUT2D eigenvalue weighted by Crippen LogP contribution is -2.15. The molecule has 1 N–H and O–H groups in total. The fraction of sp³-hybridized carbons (Fsp3) is 0.250. The Kier molecular flexibility index (Phi) is 7.17. The average molecular weight is 451 g/mol. The Balaban J connectivity index is 1.59. The Hall–Kier alpha value is -2.78. The number of hydrogen-bond acceptors (Lipinski definition) is 6. The summed E-state index contributed by atoms with van der Waals surface area (Å²) in [6, 6.07) is 11.3. The molecule has 158 valence electrons. The number of benzene rings is 2. The molecule has 2 aromatic carbocycles. The normalized spacial score (nSPS) is 11.8. The monoisotopic (exact) mass is 450 g/mol. The molecule has 7 nitrogen and oxygen atoms in total. The first-order chi connectivity index (χ1) is 14.4. The summed E-state index contributed by atoms with van der Waals surface area (Å²) >= 11 is 6.90. The van der Waals surface area contributed by atoms with Crippen LogP contribution in [0.2, 0.25) is 5.02 Å². The van der Waals surface area contributed by atoms with Gasteiger partial charge >= 0.3 is 0 Å². The largest absolute Gasteiger partial charge is 0.497 e. The zero-order chi connectivity index (χ0) is 21.7. The third kappa shape index (κ3) is 5.43. The molecule has 3 aromatic rings. The third-order valence-corrected chi connectivity index (χ3v) is 5.38. The van der Waals surface area contributed by atoms with Gasteiger partial charge in [-0.3, -0.25) is 4.79 Å². The molecule has 0 radical (unpaired) electrons. The summed E-state index contributed by atoms with van der Waals surface area (Å²) in [5.41, 5.74) is 0.0731. The van der Waals surface area contributed by atoms with Crippen molar-refractivity contribution in [2.24, 2.45) is 7.05 Å². The first-order valence-electron chi connectivity index (χ1n) is 8.95. The van der Waals surface area contributed by atoms with Gasteiger partial charge in [-0.2, -0.15) is 0 Å². The molecule has 0 bridgehead atoms. The summed E-state index contributed by atoms with van der Waals surface area (Å²) in [5.74, 6) is 1.01. The van der Waals surface area contributed by atoms with Crippen LogP contribution in [0.1, 0.15) is 18.9 Å². The number of methoxy groups -OCH3 is 1. The lowest BCUT2D eigenvalue weighted by molar-refractivity contribution is -0.113. The molecule has 10 heteroatoms. The van der Waals surface area contributed by atoms with E-state index < -0.39 is 5.82 Å². The second-order valence-corrected chi connectivity index (χ2v) is 7.68. The van der Waals surface area contributed by atoms with Crippen molar-refractivity contribution >= 4 is 35.0 Å². The van der Waals surface area contributed by atoms with Crippen LogP contribution in [0.25, 0.3) is 0 Å². The maximum Gasteiger partial charge on any atom is 0.234 e. The van der Waals surface area contributed by atoms with Crippen molar-refractivity contribution in [2.45, 2.75) is 18.2 Å². The molecule has 0 aliphatic rings. The molecule has 0 saturated heterocycles. The number of halogens is 2. The smallest absolute Gasteiger partial charge is 0.234 e. The highest BCUT2D eigenvalue weighted by Gasteiger charge is 2.18. The summed E-state index contributed by atoms with van der Waals surface area (Å²) in [6.07, 6.45) is -0.374. The number of carbonyl (C=O) groups is 1. The molecule has 0 fully saturated rings. The molecular weight excluding hydrogens is 431 g/mol. The van der Waals surface area contributed by atoms with Gasteiger partial charge in [-0.1, -0.05) is 29.4 Å². The lowest BCUT2D eigenvalue weighted by atomic mass is 10.3. The fourth-order valence-electron chi connectivity index (χ4n) is 2.64. The van der Waals surface area contributed by atoms with Gasteiger partial charge in [0.2, 0.25) is 5.91 Å². The van der Waals surface area contributed by atoms with Crippen molar-refractivity contribution in [1.82, 2.24) is 14.8 Å². The zero-order valence-corrected chi connectivity index (χ0v) is 18.1.